The van der Waals surface area contributed by atoms with Crippen molar-refractivity contribution in [1.82, 2.24) is 0 Å². The summed E-state index contributed by atoms with van der Waals surface area (Å²) in [6.07, 6.45) is 0.941. The number of halogens is 2. The van der Waals surface area contributed by atoms with Gasteiger partial charge in [0.2, 0.25) is 0 Å². The first-order valence-electron chi connectivity index (χ1n) is 12.2. The van der Waals surface area contributed by atoms with Crippen LogP contribution in [0.3, 0.4) is 0 Å². The molecule has 4 aliphatic carbocycles. The molecule has 5 aliphatic rings. The maximum atomic E-state index is 17.3. The van der Waals surface area contributed by atoms with E-state index in [0.717, 1.165) is 6.42 Å². The van der Waals surface area contributed by atoms with Gasteiger partial charge in [-0.3, -0.25) is 9.59 Å². The van der Waals surface area contributed by atoms with Crippen molar-refractivity contribution in [3.05, 3.63) is 23.8 Å². The lowest BCUT2D eigenvalue weighted by atomic mass is 9.44. The van der Waals surface area contributed by atoms with Gasteiger partial charge in [0.05, 0.1) is 12.2 Å². The summed E-state index contributed by atoms with van der Waals surface area (Å²) in [4.78, 5) is 25.5. The number of fused-ring (bicyclic) bond motifs is 7. The van der Waals surface area contributed by atoms with E-state index in [0.29, 0.717) is 12.8 Å². The second kappa shape index (κ2) is 7.58. The first-order valence-corrected chi connectivity index (χ1v) is 12.2. The topological polar surface area (TPSA) is 111 Å². The number of Topliss-reactive ketones (excluding diaryl/α,β-unsaturated/α-hetero) is 1. The molecule has 0 spiro atoms. The van der Waals surface area contributed by atoms with E-state index in [9.17, 15) is 14.7 Å². The number of allylic oxidation sites excluding steroid dienone is 4. The molecule has 1 unspecified atom stereocenters. The maximum absolute atomic E-state index is 17.3. The maximum Gasteiger partial charge on any atom is 0.195 e. The molecule has 9 heteroatoms. The van der Waals surface area contributed by atoms with E-state index >= 15 is 8.78 Å². The predicted octanol–water partition coefficient (Wildman–Crippen LogP) is 1.98. The number of nitrogens with two attached hydrogens (primary N) is 1. The van der Waals surface area contributed by atoms with Crippen LogP contribution >= 0.6 is 0 Å². The Balaban J connectivity index is 1.62. The van der Waals surface area contributed by atoms with E-state index in [2.05, 4.69) is 5.11 Å². The summed E-state index contributed by atoms with van der Waals surface area (Å²) in [6.45, 7) is 5.08. The number of ether oxygens (including phenoxy) is 2. The lowest BCUT2D eigenvalue weighted by Crippen LogP contribution is -2.71. The molecule has 10 atom stereocenters. The Morgan fingerprint density at radius 2 is 2.06 bits per heavy atom. The van der Waals surface area contributed by atoms with Crippen molar-refractivity contribution in [3.8, 4) is 0 Å². The van der Waals surface area contributed by atoms with Crippen LogP contribution in [0.2, 0.25) is 0 Å². The van der Waals surface area contributed by atoms with Crippen molar-refractivity contribution in [2.45, 2.75) is 88.8 Å². The molecule has 0 aromatic rings. The summed E-state index contributed by atoms with van der Waals surface area (Å²) in [7, 11) is 0. The van der Waals surface area contributed by atoms with E-state index in [-0.39, 0.29) is 36.5 Å². The van der Waals surface area contributed by atoms with E-state index in [1.54, 1.807) is 6.92 Å². The molecular formula is C25H33F2N2O5+. The standard InChI is InChI=1S/C25H32F2N2O5/c1-4-5-21-33-20-10-14-15-9-17(26)16-8-13(30)6-7-22(16,2)24(15,27)18(31)11-23(14,3)25(20,34-21)19(32)12-29-28/h6-8,14-15,17-18,20-21,28,31H,4-5,9-12H2,1-3H3/p+1/t14-,15-,17-,18-,20+,21?,22-,23-,24-,25+/m0/s1. The number of rotatable bonds is 5. The Bertz CT molecular complexity index is 1000. The smallest absolute Gasteiger partial charge is 0.195 e. The van der Waals surface area contributed by atoms with Crippen molar-refractivity contribution in [2.75, 3.05) is 6.54 Å². The molecule has 3 saturated carbocycles. The second-order valence-electron chi connectivity index (χ2n) is 11.1. The van der Waals surface area contributed by atoms with Crippen molar-refractivity contribution < 1.29 is 38.5 Å². The molecule has 0 aromatic heterocycles. The van der Waals surface area contributed by atoms with Crippen LogP contribution in [0.25, 0.3) is 0 Å². The molecule has 0 amide bonds. The zero-order valence-electron chi connectivity index (χ0n) is 19.8. The van der Waals surface area contributed by atoms with E-state index < -0.39 is 58.6 Å². The van der Waals surface area contributed by atoms with Crippen molar-refractivity contribution in [3.63, 3.8) is 0 Å². The number of aliphatic hydroxyl groups is 1. The summed E-state index contributed by atoms with van der Waals surface area (Å²) in [6, 6.07) is 0. The van der Waals surface area contributed by atoms with Gasteiger partial charge in [0.25, 0.3) is 0 Å². The molecule has 1 saturated heterocycles. The minimum Gasteiger partial charge on any atom is -0.390 e. The molecular weight excluding hydrogens is 446 g/mol. The van der Waals surface area contributed by atoms with Crippen LogP contribution in [0.1, 0.15) is 52.9 Å². The fourth-order valence-electron chi connectivity index (χ4n) is 8.09. The molecule has 4 fully saturated rings. The van der Waals surface area contributed by atoms with Crippen LogP contribution in [0.4, 0.5) is 8.78 Å². The minimum absolute atomic E-state index is 0.0682. The van der Waals surface area contributed by atoms with Gasteiger partial charge in [0.15, 0.2) is 35.7 Å². The van der Waals surface area contributed by atoms with Crippen molar-refractivity contribution in [2.24, 2.45) is 27.8 Å². The summed E-state index contributed by atoms with van der Waals surface area (Å²) in [5, 5.41) is 15.0. The van der Waals surface area contributed by atoms with Gasteiger partial charge in [-0.15, -0.1) is 0 Å². The average Bonchev–Trinajstić information content (AvgIpc) is 3.25. The number of hydrogen-bond acceptors (Lipinski definition) is 6. The lowest BCUT2D eigenvalue weighted by Gasteiger charge is -2.63. The second-order valence-corrected chi connectivity index (χ2v) is 11.1. The number of hydrogen-bond donors (Lipinski definition) is 2. The molecule has 7 nitrogen and oxygen atoms in total. The molecule has 0 aromatic carbocycles. The lowest BCUT2D eigenvalue weighted by molar-refractivity contribution is -0.238. The Morgan fingerprint density at radius 1 is 1.32 bits per heavy atom. The zero-order chi connectivity index (χ0) is 24.7. The monoisotopic (exact) mass is 479 g/mol. The Labute approximate surface area is 197 Å². The van der Waals surface area contributed by atoms with Gasteiger partial charge < -0.3 is 14.6 Å². The van der Waals surface area contributed by atoms with Gasteiger partial charge in [0, 0.05) is 16.7 Å². The van der Waals surface area contributed by atoms with E-state index in [1.807, 2.05) is 13.8 Å². The van der Waals surface area contributed by atoms with Crippen LogP contribution < -0.4 is 5.53 Å². The van der Waals surface area contributed by atoms with Gasteiger partial charge in [-0.2, -0.15) is 5.53 Å². The van der Waals surface area contributed by atoms with Gasteiger partial charge in [-0.25, -0.2) is 8.78 Å². The van der Waals surface area contributed by atoms with Gasteiger partial charge in [0.1, 0.15) is 6.17 Å². The summed E-state index contributed by atoms with van der Waals surface area (Å²) < 4.78 is 45.3. The molecule has 0 bridgehead atoms. The van der Waals surface area contributed by atoms with Crippen LogP contribution in [0.15, 0.2) is 28.9 Å². The van der Waals surface area contributed by atoms with Crippen molar-refractivity contribution >= 4 is 11.6 Å². The number of carbonyl (C=O) groups excluding carboxylic acids is 2. The highest BCUT2D eigenvalue weighted by atomic mass is 19.1. The first-order chi connectivity index (χ1) is 16.0. The molecule has 1 heterocycles. The van der Waals surface area contributed by atoms with Crippen LogP contribution in [-0.4, -0.2) is 59.2 Å². The highest BCUT2D eigenvalue weighted by molar-refractivity contribution is 6.01. The third-order valence-electron chi connectivity index (χ3n) is 9.60. The number of ketones is 2. The van der Waals surface area contributed by atoms with E-state index in [1.165, 1.54) is 18.2 Å². The molecule has 5 rings (SSSR count). The zero-order valence-corrected chi connectivity index (χ0v) is 19.8. The molecule has 1 aliphatic heterocycles. The Hall–Kier alpha value is -1.84. The van der Waals surface area contributed by atoms with Gasteiger partial charge in [-0.05, 0) is 61.4 Å². The molecule has 3 N–H and O–H groups in total. The average molecular weight is 480 g/mol. The normalized spacial score (nSPS) is 51.2. The SMILES string of the molecule is CCCC1O[C@@H]2C[C@H]3[C@@H]4C[C@H](F)C5=CC(=O)C=C[C@]5(C)[C@@]4(F)[C@@H](O)C[C@]3(C)[C@]2(C(=O)CN=[NH2+])O1. The van der Waals surface area contributed by atoms with Crippen LogP contribution in [0, 0.1) is 22.7 Å². The molecule has 34 heavy (non-hydrogen) atoms. The number of alkyl halides is 2. The van der Waals surface area contributed by atoms with Crippen molar-refractivity contribution in [1.29, 1.82) is 0 Å². The minimum atomic E-state index is -2.22. The number of carbonyl (C=O) groups is 2. The van der Waals surface area contributed by atoms with Crippen LogP contribution in [-0.2, 0) is 19.1 Å². The number of nitrogens with zero attached hydrogens (tertiary/aromatic N) is 1. The van der Waals surface area contributed by atoms with Crippen LogP contribution in [0.5, 0.6) is 0 Å². The largest absolute Gasteiger partial charge is 0.390 e. The highest BCUT2D eigenvalue weighted by Crippen LogP contribution is 2.72. The Kier molecular flexibility index (Phi) is 5.32. The first kappa shape index (κ1) is 23.9. The van der Waals surface area contributed by atoms with E-state index in [4.69, 9.17) is 15.0 Å². The Morgan fingerprint density at radius 3 is 2.74 bits per heavy atom. The van der Waals surface area contributed by atoms with Gasteiger partial charge in [-0.1, -0.05) is 26.3 Å². The quantitative estimate of drug-likeness (QED) is 0.586. The summed E-state index contributed by atoms with van der Waals surface area (Å²) in [5.74, 6) is -2.14. The summed E-state index contributed by atoms with van der Waals surface area (Å²) >= 11 is 0. The molecule has 0 radical (unpaired) electrons. The predicted molar refractivity (Wildman–Crippen MR) is 116 cm³/mol. The third-order valence-corrected chi connectivity index (χ3v) is 9.60. The fraction of sp³-hybridized carbons (Fsp3) is 0.760. The highest BCUT2D eigenvalue weighted by Gasteiger charge is 2.80. The fourth-order valence-corrected chi connectivity index (χ4v) is 8.09. The molecule has 186 valence electrons. The third kappa shape index (κ3) is 2.66. The number of aliphatic hydroxyl groups excluding tert-OH is 1. The summed E-state index contributed by atoms with van der Waals surface area (Å²) in [5.41, 5.74) is -0.702. The van der Waals surface area contributed by atoms with Gasteiger partial charge >= 0.3 is 0 Å².